The zero-order valence-electron chi connectivity index (χ0n) is 12.1. The minimum atomic E-state index is -0.0697. The first-order chi connectivity index (χ1) is 10.7. The van der Waals surface area contributed by atoms with Crippen LogP contribution in [0.3, 0.4) is 0 Å². The van der Waals surface area contributed by atoms with Gasteiger partial charge in [-0.1, -0.05) is 23.8 Å². The van der Waals surface area contributed by atoms with Crippen LogP contribution >= 0.6 is 11.3 Å². The molecule has 0 fully saturated rings. The number of nitrogens with zero attached hydrogens (tertiary/aromatic N) is 2. The Balaban J connectivity index is 1.54. The summed E-state index contributed by atoms with van der Waals surface area (Å²) in [6.07, 6.45) is 0.732. The molecular weight excluding hydrogens is 298 g/mol. The lowest BCUT2D eigenvalue weighted by atomic mass is 10.2. The lowest BCUT2D eigenvalue weighted by Gasteiger charge is -2.04. The highest BCUT2D eigenvalue weighted by atomic mass is 32.1. The Morgan fingerprint density at radius 2 is 2.05 bits per heavy atom. The van der Waals surface area contributed by atoms with Gasteiger partial charge in [-0.2, -0.15) is 0 Å². The number of aryl methyl sites for hydroxylation is 2. The van der Waals surface area contributed by atoms with Crippen molar-refractivity contribution in [3.8, 4) is 10.8 Å². The zero-order chi connectivity index (χ0) is 15.4. The highest BCUT2D eigenvalue weighted by molar-refractivity contribution is 7.13. The van der Waals surface area contributed by atoms with Crippen molar-refractivity contribution in [1.29, 1.82) is 0 Å². The molecule has 0 radical (unpaired) electrons. The van der Waals surface area contributed by atoms with Crippen molar-refractivity contribution in [1.82, 2.24) is 10.2 Å². The van der Waals surface area contributed by atoms with E-state index >= 15 is 0 Å². The molecule has 1 N–H and O–H groups in total. The van der Waals surface area contributed by atoms with Crippen LogP contribution in [0.4, 0.5) is 5.69 Å². The predicted molar refractivity (Wildman–Crippen MR) is 85.7 cm³/mol. The first-order valence-electron chi connectivity index (χ1n) is 6.93. The van der Waals surface area contributed by atoms with Gasteiger partial charge >= 0.3 is 0 Å². The molecule has 0 aliphatic carbocycles. The molecule has 112 valence electrons. The van der Waals surface area contributed by atoms with Crippen molar-refractivity contribution in [3.63, 3.8) is 0 Å². The molecule has 0 bridgehead atoms. The molecule has 0 unspecified atom stereocenters. The van der Waals surface area contributed by atoms with Crippen LogP contribution in [-0.2, 0) is 11.2 Å². The van der Waals surface area contributed by atoms with E-state index in [1.54, 1.807) is 11.3 Å². The summed E-state index contributed by atoms with van der Waals surface area (Å²) in [7, 11) is 0. The molecule has 0 spiro atoms. The largest absolute Gasteiger partial charge is 0.420 e. The number of nitrogens with one attached hydrogen (secondary N) is 1. The van der Waals surface area contributed by atoms with Crippen molar-refractivity contribution in [2.75, 3.05) is 5.32 Å². The Hall–Kier alpha value is -2.47. The lowest BCUT2D eigenvalue weighted by molar-refractivity contribution is -0.116. The van der Waals surface area contributed by atoms with Crippen molar-refractivity contribution < 1.29 is 9.21 Å². The quantitative estimate of drug-likeness (QED) is 0.780. The third-order valence-corrected chi connectivity index (χ3v) is 3.96. The fourth-order valence-electron chi connectivity index (χ4n) is 1.94. The first kappa shape index (κ1) is 14.5. The first-order valence-corrected chi connectivity index (χ1v) is 7.81. The number of aromatic nitrogens is 2. The molecule has 0 atom stereocenters. The number of rotatable bonds is 5. The number of carbonyl (C=O) groups excluding carboxylic acids is 1. The normalized spacial score (nSPS) is 10.6. The van der Waals surface area contributed by atoms with E-state index in [0.29, 0.717) is 24.6 Å². The number of benzene rings is 1. The summed E-state index contributed by atoms with van der Waals surface area (Å²) in [4.78, 5) is 12.8. The molecule has 0 aliphatic rings. The number of thiophene rings is 1. The second-order valence-corrected chi connectivity index (χ2v) is 5.84. The molecule has 5 nitrogen and oxygen atoms in total. The van der Waals surface area contributed by atoms with E-state index in [2.05, 4.69) is 15.5 Å². The van der Waals surface area contributed by atoms with E-state index in [9.17, 15) is 4.79 Å². The van der Waals surface area contributed by atoms with E-state index in [-0.39, 0.29) is 5.91 Å². The van der Waals surface area contributed by atoms with Gasteiger partial charge in [0, 0.05) is 18.5 Å². The fourth-order valence-corrected chi connectivity index (χ4v) is 2.58. The van der Waals surface area contributed by atoms with Crippen LogP contribution in [0.2, 0.25) is 0 Å². The molecular formula is C16H15N3O2S. The van der Waals surface area contributed by atoms with Gasteiger partial charge in [0.05, 0.1) is 4.88 Å². The third kappa shape index (κ3) is 3.59. The Bertz CT molecular complexity index is 748. The number of anilines is 1. The Morgan fingerprint density at radius 1 is 1.23 bits per heavy atom. The maximum atomic E-state index is 11.9. The summed E-state index contributed by atoms with van der Waals surface area (Å²) in [5.74, 6) is 0.908. The smallest absolute Gasteiger partial charge is 0.257 e. The Kier molecular flexibility index (Phi) is 4.29. The third-order valence-electron chi connectivity index (χ3n) is 3.10. The zero-order valence-corrected chi connectivity index (χ0v) is 12.9. The van der Waals surface area contributed by atoms with E-state index in [1.165, 1.54) is 0 Å². The minimum Gasteiger partial charge on any atom is -0.420 e. The van der Waals surface area contributed by atoms with Crippen LogP contribution in [0.15, 0.2) is 46.2 Å². The maximum Gasteiger partial charge on any atom is 0.257 e. The molecule has 6 heteroatoms. The van der Waals surface area contributed by atoms with E-state index < -0.39 is 0 Å². The molecule has 3 rings (SSSR count). The summed E-state index contributed by atoms with van der Waals surface area (Å²) in [6, 6.07) is 11.5. The lowest BCUT2D eigenvalue weighted by Crippen LogP contribution is -2.12. The summed E-state index contributed by atoms with van der Waals surface area (Å²) in [5.41, 5.74) is 1.95. The van der Waals surface area contributed by atoms with Gasteiger partial charge < -0.3 is 9.73 Å². The van der Waals surface area contributed by atoms with Gasteiger partial charge in [-0.15, -0.1) is 21.5 Å². The second-order valence-electron chi connectivity index (χ2n) is 4.89. The van der Waals surface area contributed by atoms with Gasteiger partial charge in [0.15, 0.2) is 0 Å². The Morgan fingerprint density at radius 3 is 2.77 bits per heavy atom. The number of carbonyl (C=O) groups is 1. The van der Waals surface area contributed by atoms with Crippen molar-refractivity contribution in [2.24, 2.45) is 0 Å². The highest BCUT2D eigenvalue weighted by Gasteiger charge is 2.11. The van der Waals surface area contributed by atoms with Crippen molar-refractivity contribution in [2.45, 2.75) is 19.8 Å². The molecule has 2 aromatic heterocycles. The highest BCUT2D eigenvalue weighted by Crippen LogP contribution is 2.23. The van der Waals surface area contributed by atoms with Gasteiger partial charge in [0.1, 0.15) is 0 Å². The molecule has 0 saturated heterocycles. The number of amides is 1. The molecule has 3 aromatic rings. The molecule has 1 aromatic carbocycles. The number of hydrogen-bond donors (Lipinski definition) is 1. The average Bonchev–Trinajstić information content (AvgIpc) is 3.18. The average molecular weight is 313 g/mol. The summed E-state index contributed by atoms with van der Waals surface area (Å²) in [5, 5.41) is 12.8. The molecule has 0 saturated carbocycles. The molecule has 0 aliphatic heterocycles. The standard InChI is InChI=1S/C16H15N3O2S/c1-11-4-6-12(7-5-11)17-14(20)8-9-15-18-19-16(21-15)13-3-2-10-22-13/h2-7,10H,8-9H2,1H3,(H,17,20). The molecule has 1 amide bonds. The van der Waals surface area contributed by atoms with Crippen LogP contribution in [0.5, 0.6) is 0 Å². The van der Waals surface area contributed by atoms with Gasteiger partial charge in [-0.25, -0.2) is 0 Å². The van der Waals surface area contributed by atoms with Gasteiger partial charge in [0.25, 0.3) is 5.89 Å². The maximum absolute atomic E-state index is 11.9. The van der Waals surface area contributed by atoms with E-state index in [0.717, 1.165) is 16.1 Å². The van der Waals surface area contributed by atoms with Crippen LogP contribution in [0, 0.1) is 6.92 Å². The van der Waals surface area contributed by atoms with Crippen molar-refractivity contribution in [3.05, 3.63) is 53.2 Å². The Labute approximate surface area is 132 Å². The van der Waals surface area contributed by atoms with Crippen LogP contribution in [-0.4, -0.2) is 16.1 Å². The van der Waals surface area contributed by atoms with Gasteiger partial charge in [-0.3, -0.25) is 4.79 Å². The van der Waals surface area contributed by atoms with Gasteiger partial charge in [0.2, 0.25) is 11.8 Å². The van der Waals surface area contributed by atoms with Gasteiger partial charge in [-0.05, 0) is 30.5 Å². The summed E-state index contributed by atoms with van der Waals surface area (Å²) < 4.78 is 5.55. The topological polar surface area (TPSA) is 68.0 Å². The molecule has 22 heavy (non-hydrogen) atoms. The minimum absolute atomic E-state index is 0.0697. The molecule has 2 heterocycles. The number of hydrogen-bond acceptors (Lipinski definition) is 5. The fraction of sp³-hybridized carbons (Fsp3) is 0.188. The van der Waals surface area contributed by atoms with Crippen LogP contribution in [0.1, 0.15) is 17.9 Å². The monoisotopic (exact) mass is 313 g/mol. The second kappa shape index (κ2) is 6.53. The summed E-state index contributed by atoms with van der Waals surface area (Å²) >= 11 is 1.54. The van der Waals surface area contributed by atoms with E-state index in [4.69, 9.17) is 4.42 Å². The van der Waals surface area contributed by atoms with Crippen LogP contribution in [0.25, 0.3) is 10.8 Å². The van der Waals surface area contributed by atoms with Crippen molar-refractivity contribution >= 4 is 22.9 Å². The SMILES string of the molecule is Cc1ccc(NC(=O)CCc2nnc(-c3cccs3)o2)cc1. The predicted octanol–water partition coefficient (Wildman–Crippen LogP) is 3.68. The summed E-state index contributed by atoms with van der Waals surface area (Å²) in [6.45, 7) is 2.01. The van der Waals surface area contributed by atoms with Crippen LogP contribution < -0.4 is 5.32 Å². The van der Waals surface area contributed by atoms with E-state index in [1.807, 2.05) is 48.7 Å².